The fraction of sp³-hybridized carbons (Fsp3) is 0.611. The number of nitrogens with zero attached hydrogens (tertiary/aromatic N) is 1. The third kappa shape index (κ3) is 4.90. The first kappa shape index (κ1) is 21.0. The Kier molecular flexibility index (Phi) is 6.93. The van der Waals surface area contributed by atoms with E-state index in [2.05, 4.69) is 15.5 Å². The fourth-order valence-corrected chi connectivity index (χ4v) is 3.37. The molecule has 1 aromatic rings. The smallest absolute Gasteiger partial charge is 0.355 e. The van der Waals surface area contributed by atoms with Gasteiger partial charge in [0, 0.05) is 32.7 Å². The van der Waals surface area contributed by atoms with Crippen molar-refractivity contribution in [3.8, 4) is 0 Å². The van der Waals surface area contributed by atoms with Gasteiger partial charge in [0.15, 0.2) is 0 Å². The topological polar surface area (TPSA) is 44.4 Å². The number of hydrogen-bond acceptors (Lipinski definition) is 3. The second-order valence-electron chi connectivity index (χ2n) is 6.86. The normalized spacial score (nSPS) is 19.5. The lowest BCUT2D eigenvalue weighted by atomic mass is 9.93. The molecule has 26 heavy (non-hydrogen) atoms. The van der Waals surface area contributed by atoms with E-state index in [1.807, 2.05) is 0 Å². The molecule has 1 saturated carbocycles. The molecule has 1 heterocycles. The highest BCUT2D eigenvalue weighted by molar-refractivity contribution is 5.91. The molecule has 0 radical (unpaired) electrons. The minimum Gasteiger partial charge on any atom is -0.355 e. The molecular weight excluding hydrogens is 367 g/mol. The van der Waals surface area contributed by atoms with E-state index < -0.39 is 17.2 Å². The maximum atomic E-state index is 12.9. The molecule has 1 saturated heterocycles. The van der Waals surface area contributed by atoms with Gasteiger partial charge in [-0.05, 0) is 37.4 Å². The van der Waals surface area contributed by atoms with Crippen LogP contribution in [0.3, 0.4) is 0 Å². The van der Waals surface area contributed by atoms with E-state index in [0.29, 0.717) is 24.9 Å². The van der Waals surface area contributed by atoms with Crippen molar-refractivity contribution in [2.45, 2.75) is 30.9 Å². The Labute approximate surface area is 157 Å². The molecule has 2 fully saturated rings. The van der Waals surface area contributed by atoms with Crippen molar-refractivity contribution >= 4 is 18.3 Å². The van der Waals surface area contributed by atoms with E-state index in [1.165, 1.54) is 6.07 Å². The van der Waals surface area contributed by atoms with E-state index in [9.17, 15) is 18.0 Å². The molecule has 1 aliphatic carbocycles. The number of rotatable bonds is 6. The van der Waals surface area contributed by atoms with Gasteiger partial charge >= 0.3 is 6.18 Å². The van der Waals surface area contributed by atoms with E-state index in [0.717, 1.165) is 51.3 Å². The highest BCUT2D eigenvalue weighted by atomic mass is 35.5. The van der Waals surface area contributed by atoms with Crippen molar-refractivity contribution in [3.05, 3.63) is 35.4 Å². The highest BCUT2D eigenvalue weighted by Crippen LogP contribution is 2.49. The fourth-order valence-electron chi connectivity index (χ4n) is 3.37. The number of carbonyl (C=O) groups excluding carboxylic acids is 1. The van der Waals surface area contributed by atoms with Gasteiger partial charge in [0.2, 0.25) is 5.91 Å². The van der Waals surface area contributed by atoms with Crippen molar-refractivity contribution in [1.82, 2.24) is 15.5 Å². The molecule has 0 bridgehead atoms. The molecule has 3 rings (SSSR count). The lowest BCUT2D eigenvalue weighted by molar-refractivity contribution is -0.137. The van der Waals surface area contributed by atoms with Crippen molar-refractivity contribution in [3.63, 3.8) is 0 Å². The van der Waals surface area contributed by atoms with Crippen molar-refractivity contribution in [2.24, 2.45) is 0 Å². The number of halogens is 4. The minimum atomic E-state index is -4.38. The van der Waals surface area contributed by atoms with Crippen LogP contribution in [-0.4, -0.2) is 50.1 Å². The highest BCUT2D eigenvalue weighted by Gasteiger charge is 2.51. The van der Waals surface area contributed by atoms with Gasteiger partial charge in [0.05, 0.1) is 11.0 Å². The minimum absolute atomic E-state index is 0. The molecule has 146 valence electrons. The summed E-state index contributed by atoms with van der Waals surface area (Å²) in [4.78, 5) is 14.9. The van der Waals surface area contributed by atoms with Crippen LogP contribution in [0.4, 0.5) is 13.2 Å². The number of hydrogen-bond donors (Lipinski definition) is 2. The van der Waals surface area contributed by atoms with E-state index in [4.69, 9.17) is 0 Å². The second kappa shape index (κ2) is 8.59. The molecule has 1 amide bonds. The van der Waals surface area contributed by atoms with Crippen LogP contribution in [0.2, 0.25) is 0 Å². The maximum Gasteiger partial charge on any atom is 0.416 e. The first-order chi connectivity index (χ1) is 11.9. The molecule has 1 aromatic carbocycles. The summed E-state index contributed by atoms with van der Waals surface area (Å²) in [7, 11) is 0. The van der Waals surface area contributed by atoms with Gasteiger partial charge in [-0.2, -0.15) is 13.2 Å². The largest absolute Gasteiger partial charge is 0.416 e. The van der Waals surface area contributed by atoms with Gasteiger partial charge in [0.25, 0.3) is 0 Å². The van der Waals surface area contributed by atoms with E-state index >= 15 is 0 Å². The molecule has 4 nitrogen and oxygen atoms in total. The molecule has 0 spiro atoms. The zero-order valence-corrected chi connectivity index (χ0v) is 15.4. The Morgan fingerprint density at radius 2 is 1.92 bits per heavy atom. The van der Waals surface area contributed by atoms with Crippen LogP contribution in [0.25, 0.3) is 0 Å². The summed E-state index contributed by atoms with van der Waals surface area (Å²) >= 11 is 0. The number of amides is 1. The van der Waals surface area contributed by atoms with Crippen molar-refractivity contribution in [2.75, 3.05) is 39.3 Å². The standard InChI is InChI=1S/C18H24F3N3O.ClH/c19-18(20,21)15-4-1-3-14(13-15)17(5-6-17)16(25)23-7-2-10-24-11-8-22-9-12-24;/h1,3-4,13,22H,2,5-12H2,(H,23,25);1H. The number of alkyl halides is 3. The Morgan fingerprint density at radius 1 is 1.23 bits per heavy atom. The molecule has 0 unspecified atom stereocenters. The summed E-state index contributed by atoms with van der Waals surface area (Å²) in [6.45, 7) is 5.50. The molecule has 8 heteroatoms. The van der Waals surface area contributed by atoms with Crippen LogP contribution in [0, 0.1) is 0 Å². The van der Waals surface area contributed by atoms with Gasteiger partial charge in [-0.1, -0.05) is 18.2 Å². The number of piperazine rings is 1. The van der Waals surface area contributed by atoms with Crippen molar-refractivity contribution < 1.29 is 18.0 Å². The molecule has 0 atom stereocenters. The zero-order chi connectivity index (χ0) is 17.9. The van der Waals surface area contributed by atoms with Crippen LogP contribution in [0.1, 0.15) is 30.4 Å². The van der Waals surface area contributed by atoms with Crippen LogP contribution in [0.5, 0.6) is 0 Å². The van der Waals surface area contributed by atoms with E-state index in [1.54, 1.807) is 6.07 Å². The SMILES string of the molecule is Cl.O=C(NCCCN1CCNCC1)C1(c2cccc(C(F)(F)F)c2)CC1. The van der Waals surface area contributed by atoms with E-state index in [-0.39, 0.29) is 18.3 Å². The van der Waals surface area contributed by atoms with Gasteiger partial charge < -0.3 is 15.5 Å². The first-order valence-electron chi connectivity index (χ1n) is 8.81. The monoisotopic (exact) mass is 391 g/mol. The zero-order valence-electron chi connectivity index (χ0n) is 14.6. The third-order valence-electron chi connectivity index (χ3n) is 5.07. The average molecular weight is 392 g/mol. The van der Waals surface area contributed by atoms with Gasteiger partial charge in [-0.15, -0.1) is 12.4 Å². The van der Waals surface area contributed by atoms with Gasteiger partial charge in [-0.3, -0.25) is 4.79 Å². The molecule has 2 N–H and O–H groups in total. The molecular formula is C18H25ClF3N3O. The summed E-state index contributed by atoms with van der Waals surface area (Å²) in [5.74, 6) is -0.146. The quantitative estimate of drug-likeness (QED) is 0.733. The van der Waals surface area contributed by atoms with Crippen LogP contribution in [-0.2, 0) is 16.4 Å². The molecule has 1 aliphatic heterocycles. The summed E-state index contributed by atoms with van der Waals surface area (Å²) < 4.78 is 38.7. The first-order valence-corrected chi connectivity index (χ1v) is 8.81. The molecule has 0 aromatic heterocycles. The van der Waals surface area contributed by atoms with Crippen LogP contribution >= 0.6 is 12.4 Å². The predicted molar refractivity (Wildman–Crippen MR) is 96.5 cm³/mol. The number of nitrogens with one attached hydrogen (secondary N) is 2. The van der Waals surface area contributed by atoms with Gasteiger partial charge in [0.1, 0.15) is 0 Å². The second-order valence-corrected chi connectivity index (χ2v) is 6.86. The third-order valence-corrected chi connectivity index (χ3v) is 5.07. The lowest BCUT2D eigenvalue weighted by Crippen LogP contribution is -2.44. The van der Waals surface area contributed by atoms with Gasteiger partial charge in [-0.25, -0.2) is 0 Å². The maximum absolute atomic E-state index is 12.9. The summed E-state index contributed by atoms with van der Waals surface area (Å²) in [6, 6.07) is 5.18. The van der Waals surface area contributed by atoms with Crippen LogP contribution < -0.4 is 10.6 Å². The Bertz CT molecular complexity index is 614. The predicted octanol–water partition coefficient (Wildman–Crippen LogP) is 2.57. The Morgan fingerprint density at radius 3 is 2.54 bits per heavy atom. The van der Waals surface area contributed by atoms with Crippen molar-refractivity contribution in [1.29, 1.82) is 0 Å². The Hall–Kier alpha value is -1.31. The molecule has 2 aliphatic rings. The lowest BCUT2D eigenvalue weighted by Gasteiger charge is -2.27. The average Bonchev–Trinajstić information content (AvgIpc) is 3.41. The summed E-state index contributed by atoms with van der Waals surface area (Å²) in [5.41, 5.74) is -0.985. The Balaban J connectivity index is 0.00000243. The van der Waals surface area contributed by atoms with Crippen LogP contribution in [0.15, 0.2) is 24.3 Å². The summed E-state index contributed by atoms with van der Waals surface area (Å²) in [5, 5.41) is 6.21. The number of carbonyl (C=O) groups is 1. The summed E-state index contributed by atoms with van der Waals surface area (Å²) in [6.07, 6.45) is -2.31. The number of benzene rings is 1.